The number of carbonyl (C=O) groups excluding carboxylic acids is 2. The van der Waals surface area contributed by atoms with E-state index in [1.54, 1.807) is 18.0 Å². The van der Waals surface area contributed by atoms with E-state index in [1.165, 1.54) is 16.7 Å². The second kappa shape index (κ2) is 9.72. The van der Waals surface area contributed by atoms with Gasteiger partial charge in [-0.2, -0.15) is 0 Å². The molecule has 8 nitrogen and oxygen atoms in total. The lowest BCUT2D eigenvalue weighted by atomic mass is 10.0. The molecular formula is C24H29FN4O4. The monoisotopic (exact) mass is 456 g/mol. The lowest BCUT2D eigenvalue weighted by Crippen LogP contribution is -2.36. The topological polar surface area (TPSA) is 105 Å². The number of anilines is 1. The number of aromatic nitrogens is 2. The Morgan fingerprint density at radius 2 is 1.91 bits per heavy atom. The van der Waals surface area contributed by atoms with E-state index in [-0.39, 0.29) is 23.8 Å². The van der Waals surface area contributed by atoms with Gasteiger partial charge in [-0.05, 0) is 56.2 Å². The maximum absolute atomic E-state index is 13.8. The number of amides is 1. The minimum Gasteiger partial charge on any atom is -0.501 e. The van der Waals surface area contributed by atoms with E-state index in [0.717, 1.165) is 24.8 Å². The van der Waals surface area contributed by atoms with Gasteiger partial charge in [0, 0.05) is 38.7 Å². The molecule has 1 aromatic carbocycles. The molecule has 2 N–H and O–H groups in total. The van der Waals surface area contributed by atoms with Crippen LogP contribution in [0, 0.1) is 5.82 Å². The molecule has 4 rings (SSSR count). The van der Waals surface area contributed by atoms with Crippen LogP contribution in [0.15, 0.2) is 23.0 Å². The first-order chi connectivity index (χ1) is 15.9. The highest BCUT2D eigenvalue weighted by atomic mass is 19.1. The predicted octanol–water partition coefficient (Wildman–Crippen LogP) is 3.18. The van der Waals surface area contributed by atoms with Crippen LogP contribution >= 0.6 is 0 Å². The van der Waals surface area contributed by atoms with Crippen LogP contribution in [0.2, 0.25) is 0 Å². The van der Waals surface area contributed by atoms with E-state index < -0.39 is 23.1 Å². The Morgan fingerprint density at radius 3 is 2.73 bits per heavy atom. The Labute approximate surface area is 191 Å². The molecule has 176 valence electrons. The Balaban J connectivity index is 1.77. The molecule has 0 saturated heterocycles. The van der Waals surface area contributed by atoms with Gasteiger partial charge in [0.25, 0.3) is 5.56 Å². The summed E-state index contributed by atoms with van der Waals surface area (Å²) in [4.78, 5) is 44.9. The number of Topliss-reactive ketones (excluding diaryl/α,β-unsaturated/α-hetero) is 1. The molecule has 0 saturated carbocycles. The highest BCUT2D eigenvalue weighted by Gasteiger charge is 2.31. The van der Waals surface area contributed by atoms with Gasteiger partial charge in [0.2, 0.25) is 11.7 Å². The summed E-state index contributed by atoms with van der Waals surface area (Å²) < 4.78 is 15.2. The van der Waals surface area contributed by atoms with Gasteiger partial charge in [-0.15, -0.1) is 0 Å². The molecule has 0 fully saturated rings. The Morgan fingerprint density at radius 1 is 1.09 bits per heavy atom. The fourth-order valence-electron chi connectivity index (χ4n) is 4.60. The largest absolute Gasteiger partial charge is 0.501 e. The molecule has 3 heterocycles. The molecule has 2 aliphatic heterocycles. The van der Waals surface area contributed by atoms with Gasteiger partial charge in [0.15, 0.2) is 11.5 Å². The Hall–Kier alpha value is -3.23. The van der Waals surface area contributed by atoms with Crippen LogP contribution in [-0.2, 0) is 17.8 Å². The van der Waals surface area contributed by atoms with Crippen molar-refractivity contribution in [1.82, 2.24) is 14.5 Å². The zero-order valence-electron chi connectivity index (χ0n) is 18.8. The van der Waals surface area contributed by atoms with E-state index in [9.17, 15) is 23.9 Å². The minimum atomic E-state index is -0.656. The van der Waals surface area contributed by atoms with Gasteiger partial charge in [-0.3, -0.25) is 19.0 Å². The fraction of sp³-hybridized carbons (Fsp3) is 0.500. The summed E-state index contributed by atoms with van der Waals surface area (Å²) in [6, 6.07) is 3.92. The highest BCUT2D eigenvalue weighted by Crippen LogP contribution is 2.30. The van der Waals surface area contributed by atoms with Gasteiger partial charge in [-0.1, -0.05) is 6.07 Å². The number of nitrogens with one attached hydrogen (secondary N) is 1. The van der Waals surface area contributed by atoms with Crippen molar-refractivity contribution in [2.45, 2.75) is 64.0 Å². The molecule has 9 heteroatoms. The number of aryl methyl sites for hydroxylation is 1. The van der Waals surface area contributed by atoms with Crippen LogP contribution < -0.4 is 10.9 Å². The molecule has 2 aromatic rings. The van der Waals surface area contributed by atoms with Gasteiger partial charge in [0.1, 0.15) is 11.6 Å². The maximum Gasteiger partial charge on any atom is 0.296 e. The zero-order chi connectivity index (χ0) is 23.5. The van der Waals surface area contributed by atoms with Crippen molar-refractivity contribution < 1.29 is 19.1 Å². The first kappa shape index (κ1) is 22.9. The number of carbonyl (C=O) groups is 2. The van der Waals surface area contributed by atoms with Gasteiger partial charge in [0.05, 0.1) is 6.04 Å². The first-order valence-electron chi connectivity index (χ1n) is 11.5. The van der Waals surface area contributed by atoms with E-state index >= 15 is 0 Å². The first-order valence-corrected chi connectivity index (χ1v) is 11.5. The van der Waals surface area contributed by atoms with Crippen LogP contribution in [0.4, 0.5) is 10.1 Å². The summed E-state index contributed by atoms with van der Waals surface area (Å²) >= 11 is 0. The normalized spacial score (nSPS) is 20.1. The number of halogens is 1. The molecule has 2 bridgehead atoms. The van der Waals surface area contributed by atoms with E-state index in [1.807, 2.05) is 0 Å². The van der Waals surface area contributed by atoms with Crippen molar-refractivity contribution in [3.63, 3.8) is 0 Å². The maximum atomic E-state index is 13.8. The third-order valence-corrected chi connectivity index (χ3v) is 6.53. The summed E-state index contributed by atoms with van der Waals surface area (Å²) in [7, 11) is 1.70. The third kappa shape index (κ3) is 4.77. The SMILES string of the molecule is CN1C(=O)CCCCNc2cc(F)ccc2CCC(=O)c2nc3n(c(=O)c2O)CCCCC31. The molecule has 0 aliphatic carbocycles. The van der Waals surface area contributed by atoms with Gasteiger partial charge < -0.3 is 15.3 Å². The van der Waals surface area contributed by atoms with Crippen LogP contribution in [0.1, 0.15) is 72.9 Å². The van der Waals surface area contributed by atoms with Crippen molar-refractivity contribution in [2.24, 2.45) is 0 Å². The van der Waals surface area contributed by atoms with Crippen molar-refractivity contribution in [3.05, 3.63) is 51.5 Å². The van der Waals surface area contributed by atoms with Crippen LogP contribution in [0.25, 0.3) is 0 Å². The average Bonchev–Trinajstić information content (AvgIpc) is 3.01. The van der Waals surface area contributed by atoms with Crippen LogP contribution in [0.3, 0.4) is 0 Å². The summed E-state index contributed by atoms with van der Waals surface area (Å²) in [5.41, 5.74) is 0.443. The number of rotatable bonds is 0. The molecule has 0 radical (unpaired) electrons. The molecule has 1 atom stereocenters. The molecule has 1 amide bonds. The second-order valence-corrected chi connectivity index (χ2v) is 8.75. The van der Waals surface area contributed by atoms with Crippen molar-refractivity contribution in [2.75, 3.05) is 18.9 Å². The van der Waals surface area contributed by atoms with E-state index in [2.05, 4.69) is 10.3 Å². The molecule has 33 heavy (non-hydrogen) atoms. The smallest absolute Gasteiger partial charge is 0.296 e. The number of ketones is 1. The van der Waals surface area contributed by atoms with Gasteiger partial charge in [-0.25, -0.2) is 9.37 Å². The number of hydrogen-bond acceptors (Lipinski definition) is 6. The van der Waals surface area contributed by atoms with Crippen LogP contribution in [0.5, 0.6) is 5.75 Å². The summed E-state index contributed by atoms with van der Waals surface area (Å²) in [6.45, 7) is 0.956. The van der Waals surface area contributed by atoms with Gasteiger partial charge >= 0.3 is 0 Å². The Kier molecular flexibility index (Phi) is 6.76. The number of hydrogen-bond donors (Lipinski definition) is 2. The minimum absolute atomic E-state index is 0.00318. The predicted molar refractivity (Wildman–Crippen MR) is 121 cm³/mol. The Bertz CT molecular complexity index is 1130. The van der Waals surface area contributed by atoms with Crippen LogP contribution in [-0.4, -0.2) is 44.8 Å². The number of nitrogens with zero attached hydrogens (tertiary/aromatic N) is 3. The van der Waals surface area contributed by atoms with E-state index in [4.69, 9.17) is 0 Å². The van der Waals surface area contributed by atoms with Crippen molar-refractivity contribution >= 4 is 17.4 Å². The highest BCUT2D eigenvalue weighted by molar-refractivity contribution is 5.96. The number of benzene rings is 1. The number of aromatic hydroxyl groups is 1. The molecule has 1 aromatic heterocycles. The summed E-state index contributed by atoms with van der Waals surface area (Å²) in [5.74, 6) is -1.22. The molecular weight excluding hydrogens is 427 g/mol. The lowest BCUT2D eigenvalue weighted by Gasteiger charge is -2.28. The van der Waals surface area contributed by atoms with E-state index in [0.29, 0.717) is 50.3 Å². The van der Waals surface area contributed by atoms with Crippen molar-refractivity contribution in [1.29, 1.82) is 0 Å². The second-order valence-electron chi connectivity index (χ2n) is 8.75. The quantitative estimate of drug-likeness (QED) is 0.631. The molecule has 2 aliphatic rings. The summed E-state index contributed by atoms with van der Waals surface area (Å²) in [6.07, 6.45) is 4.18. The lowest BCUT2D eigenvalue weighted by molar-refractivity contribution is -0.132. The molecule has 0 spiro atoms. The fourth-order valence-corrected chi connectivity index (χ4v) is 4.60. The summed E-state index contributed by atoms with van der Waals surface area (Å²) in [5, 5.41) is 13.7. The van der Waals surface area contributed by atoms with Crippen molar-refractivity contribution in [3.8, 4) is 5.75 Å². The zero-order valence-corrected chi connectivity index (χ0v) is 18.8. The number of fused-ring (bicyclic) bond motifs is 2. The third-order valence-electron chi connectivity index (χ3n) is 6.53. The molecule has 1 unspecified atom stereocenters. The standard InChI is InChI=1S/C24H29FN4O4/c1-28-18-6-3-5-13-29-23(18)27-21(22(32)24(29)33)19(30)11-9-15-8-10-16(25)14-17(15)26-12-4-2-7-20(28)31/h8,10,14,18,26,32H,2-7,9,11-13H2,1H3. The average molecular weight is 457 g/mol.